The number of amides is 1. The molecular formula is C20H20ClF3N4O. The number of rotatable bonds is 3. The van der Waals surface area contributed by atoms with E-state index in [1.54, 1.807) is 0 Å². The molecule has 9 heteroatoms. The average Bonchev–Trinajstić information content (AvgIpc) is 2.65. The van der Waals surface area contributed by atoms with Crippen LogP contribution in [0.5, 0.6) is 0 Å². The molecule has 0 atom stereocenters. The van der Waals surface area contributed by atoms with Gasteiger partial charge in [-0.1, -0.05) is 11.6 Å². The standard InChI is InChI=1S/C20H20ClF3N4O/c21-12-8-13(22)10-16(9-12)27-20(26-15-4-2-14(25)3-5-15)28-19(29)11-1-6-17(23)18(24)7-11/h1,6-10,14-15H,2-5,25H2,(H2,26,27,28,29)/t14-,15-. The maximum atomic E-state index is 13.6. The molecule has 29 heavy (non-hydrogen) atoms. The highest BCUT2D eigenvalue weighted by Crippen LogP contribution is 2.20. The second-order valence-electron chi connectivity index (χ2n) is 6.93. The maximum absolute atomic E-state index is 13.6. The molecule has 2 aromatic carbocycles. The fourth-order valence-corrected chi connectivity index (χ4v) is 3.33. The van der Waals surface area contributed by atoms with Gasteiger partial charge < -0.3 is 16.4 Å². The maximum Gasteiger partial charge on any atom is 0.280 e. The van der Waals surface area contributed by atoms with Crippen molar-refractivity contribution in [2.24, 2.45) is 10.7 Å². The first-order valence-corrected chi connectivity index (χ1v) is 9.51. The molecule has 0 aromatic heterocycles. The lowest BCUT2D eigenvalue weighted by Crippen LogP contribution is -2.43. The van der Waals surface area contributed by atoms with Crippen LogP contribution in [0.3, 0.4) is 0 Å². The third-order valence-corrected chi connectivity index (χ3v) is 4.84. The molecule has 1 saturated carbocycles. The summed E-state index contributed by atoms with van der Waals surface area (Å²) in [5, 5.41) is 6.13. The number of guanidine groups is 1. The van der Waals surface area contributed by atoms with Gasteiger partial charge in [-0.15, -0.1) is 0 Å². The summed E-state index contributed by atoms with van der Waals surface area (Å²) in [7, 11) is 0. The lowest BCUT2D eigenvalue weighted by atomic mass is 9.92. The van der Waals surface area contributed by atoms with Crippen molar-refractivity contribution in [3.05, 3.63) is 64.4 Å². The van der Waals surface area contributed by atoms with Crippen molar-refractivity contribution in [3.63, 3.8) is 0 Å². The van der Waals surface area contributed by atoms with Gasteiger partial charge in [-0.25, -0.2) is 13.2 Å². The monoisotopic (exact) mass is 424 g/mol. The molecule has 1 fully saturated rings. The van der Waals surface area contributed by atoms with Crippen molar-refractivity contribution in [3.8, 4) is 0 Å². The van der Waals surface area contributed by atoms with Crippen molar-refractivity contribution < 1.29 is 18.0 Å². The third kappa shape index (κ3) is 5.95. The van der Waals surface area contributed by atoms with Gasteiger partial charge >= 0.3 is 0 Å². The van der Waals surface area contributed by atoms with Gasteiger partial charge in [0, 0.05) is 28.4 Å². The number of halogens is 4. The zero-order chi connectivity index (χ0) is 21.0. The molecular weight excluding hydrogens is 405 g/mol. The Morgan fingerprint density at radius 1 is 1.03 bits per heavy atom. The number of hydrogen-bond donors (Lipinski definition) is 3. The molecule has 0 unspecified atom stereocenters. The molecule has 4 N–H and O–H groups in total. The molecule has 0 radical (unpaired) electrons. The highest BCUT2D eigenvalue weighted by molar-refractivity contribution is 6.31. The van der Waals surface area contributed by atoms with Gasteiger partial charge in [0.25, 0.3) is 5.91 Å². The highest BCUT2D eigenvalue weighted by Gasteiger charge is 2.20. The van der Waals surface area contributed by atoms with Crippen LogP contribution in [0, 0.1) is 17.5 Å². The van der Waals surface area contributed by atoms with E-state index in [9.17, 15) is 18.0 Å². The minimum Gasteiger partial charge on any atom is -0.353 e. The van der Waals surface area contributed by atoms with E-state index < -0.39 is 23.4 Å². The first kappa shape index (κ1) is 21.1. The van der Waals surface area contributed by atoms with E-state index in [0.717, 1.165) is 49.9 Å². The molecule has 1 amide bonds. The Morgan fingerprint density at radius 2 is 1.76 bits per heavy atom. The number of anilines is 1. The van der Waals surface area contributed by atoms with Crippen LogP contribution >= 0.6 is 11.6 Å². The van der Waals surface area contributed by atoms with Crippen LogP contribution in [-0.4, -0.2) is 24.0 Å². The van der Waals surface area contributed by atoms with Crippen LogP contribution in [0.1, 0.15) is 36.0 Å². The molecule has 2 aromatic rings. The van der Waals surface area contributed by atoms with E-state index in [1.807, 2.05) is 0 Å². The van der Waals surface area contributed by atoms with Crippen LogP contribution in [0.4, 0.5) is 18.9 Å². The molecule has 0 spiro atoms. The lowest BCUT2D eigenvalue weighted by Gasteiger charge is -2.28. The Morgan fingerprint density at radius 3 is 2.41 bits per heavy atom. The number of carbonyl (C=O) groups is 1. The van der Waals surface area contributed by atoms with Crippen LogP contribution in [0.2, 0.25) is 5.02 Å². The normalized spacial score (nSPS) is 19.7. The molecule has 0 heterocycles. The van der Waals surface area contributed by atoms with E-state index >= 15 is 0 Å². The largest absolute Gasteiger partial charge is 0.353 e. The molecule has 1 aliphatic carbocycles. The van der Waals surface area contributed by atoms with Gasteiger partial charge in [0.1, 0.15) is 5.82 Å². The average molecular weight is 425 g/mol. The molecule has 5 nitrogen and oxygen atoms in total. The van der Waals surface area contributed by atoms with Crippen LogP contribution < -0.4 is 16.4 Å². The molecule has 0 aliphatic heterocycles. The topological polar surface area (TPSA) is 79.5 Å². The summed E-state index contributed by atoms with van der Waals surface area (Å²) >= 11 is 5.88. The minimum atomic E-state index is -1.15. The van der Waals surface area contributed by atoms with E-state index in [0.29, 0.717) is 0 Å². The van der Waals surface area contributed by atoms with Gasteiger partial charge in [-0.3, -0.25) is 4.79 Å². The van der Waals surface area contributed by atoms with Crippen molar-refractivity contribution in [2.45, 2.75) is 37.8 Å². The minimum absolute atomic E-state index is 0.00263. The molecule has 0 bridgehead atoms. The van der Waals surface area contributed by atoms with Crippen molar-refractivity contribution in [2.75, 3.05) is 5.32 Å². The van der Waals surface area contributed by atoms with Crippen molar-refractivity contribution >= 4 is 29.2 Å². The van der Waals surface area contributed by atoms with Crippen LogP contribution in [-0.2, 0) is 0 Å². The zero-order valence-corrected chi connectivity index (χ0v) is 16.1. The number of aliphatic imine (C=N–C) groups is 1. The zero-order valence-electron chi connectivity index (χ0n) is 15.4. The predicted octanol–water partition coefficient (Wildman–Crippen LogP) is 4.23. The molecule has 1 aliphatic rings. The molecule has 154 valence electrons. The SMILES string of the molecule is N[C@H]1CC[C@H](N/C(=N/C(=O)c2ccc(F)c(F)c2)Nc2cc(F)cc(Cl)c2)CC1. The molecule has 3 rings (SSSR count). The predicted molar refractivity (Wildman–Crippen MR) is 107 cm³/mol. The summed E-state index contributed by atoms with van der Waals surface area (Å²) in [5.41, 5.74) is 6.08. The first-order valence-electron chi connectivity index (χ1n) is 9.13. The number of nitrogens with zero attached hydrogens (tertiary/aromatic N) is 1. The molecule has 0 saturated heterocycles. The van der Waals surface area contributed by atoms with Gasteiger partial charge in [0.05, 0.1) is 0 Å². The summed E-state index contributed by atoms with van der Waals surface area (Å²) in [6.45, 7) is 0. The van der Waals surface area contributed by atoms with Gasteiger partial charge in [-0.2, -0.15) is 4.99 Å². The Labute approximate surface area is 171 Å². The van der Waals surface area contributed by atoms with Crippen LogP contribution in [0.25, 0.3) is 0 Å². The second-order valence-corrected chi connectivity index (χ2v) is 7.37. The first-order chi connectivity index (χ1) is 13.8. The highest BCUT2D eigenvalue weighted by atomic mass is 35.5. The summed E-state index contributed by atoms with van der Waals surface area (Å²) in [6.07, 6.45) is 3.16. The quantitative estimate of drug-likeness (QED) is 0.509. The number of benzene rings is 2. The van der Waals surface area contributed by atoms with E-state index in [2.05, 4.69) is 15.6 Å². The second kappa shape index (κ2) is 9.28. The summed E-state index contributed by atoms with van der Waals surface area (Å²) in [4.78, 5) is 16.4. The summed E-state index contributed by atoms with van der Waals surface area (Å²) < 4.78 is 40.2. The number of carbonyl (C=O) groups excluding carboxylic acids is 1. The van der Waals surface area contributed by atoms with Crippen molar-refractivity contribution in [1.29, 1.82) is 0 Å². The Kier molecular flexibility index (Phi) is 6.76. The smallest absolute Gasteiger partial charge is 0.280 e. The number of hydrogen-bond acceptors (Lipinski definition) is 2. The number of nitrogens with one attached hydrogen (secondary N) is 2. The van der Waals surface area contributed by atoms with E-state index in [1.165, 1.54) is 12.1 Å². The fraction of sp³-hybridized carbons (Fsp3) is 0.300. The third-order valence-electron chi connectivity index (χ3n) is 4.62. The fourth-order valence-electron chi connectivity index (χ4n) is 3.11. The number of nitrogens with two attached hydrogens (primary N) is 1. The van der Waals surface area contributed by atoms with Gasteiger partial charge in [0.2, 0.25) is 5.96 Å². The van der Waals surface area contributed by atoms with Gasteiger partial charge in [0.15, 0.2) is 11.6 Å². The Hall–Kier alpha value is -2.58. The summed E-state index contributed by atoms with van der Waals surface area (Å²) in [5.74, 6) is -3.49. The lowest BCUT2D eigenvalue weighted by molar-refractivity contribution is 0.100. The summed E-state index contributed by atoms with van der Waals surface area (Å²) in [6, 6.07) is 6.72. The van der Waals surface area contributed by atoms with Crippen molar-refractivity contribution in [1.82, 2.24) is 5.32 Å². The Balaban J connectivity index is 1.84. The van der Waals surface area contributed by atoms with E-state index in [4.69, 9.17) is 17.3 Å². The van der Waals surface area contributed by atoms with E-state index in [-0.39, 0.29) is 34.3 Å². The Bertz CT molecular complexity index is 910. The van der Waals surface area contributed by atoms with Gasteiger partial charge in [-0.05, 0) is 62.1 Å². The van der Waals surface area contributed by atoms with Crippen LogP contribution in [0.15, 0.2) is 41.4 Å².